The Kier molecular flexibility index (Phi) is 9.31. The average molecular weight is 484 g/mol. The summed E-state index contributed by atoms with van der Waals surface area (Å²) in [6.45, 7) is 5.88. The van der Waals surface area contributed by atoms with E-state index in [1.165, 1.54) is 18.9 Å². The summed E-state index contributed by atoms with van der Waals surface area (Å²) < 4.78 is 14.5. The number of hydrogen-bond donors (Lipinski definition) is 1. The van der Waals surface area contributed by atoms with E-state index in [9.17, 15) is 4.39 Å². The molecule has 1 fully saturated rings. The number of guanidine groups is 1. The fourth-order valence-electron chi connectivity index (χ4n) is 2.53. The monoisotopic (exact) mass is 483 g/mol. The molecule has 0 amide bonds. The Labute approximate surface area is 157 Å². The largest absolute Gasteiger partial charge is 0.357 e. The molecule has 1 heterocycles. The summed E-state index contributed by atoms with van der Waals surface area (Å²) in [5.41, 5.74) is 0.763. The first-order valence-corrected chi connectivity index (χ1v) is 8.47. The summed E-state index contributed by atoms with van der Waals surface area (Å²) >= 11 is 3.28. The lowest BCUT2D eigenvalue weighted by molar-refractivity contribution is 0.493. The predicted molar refractivity (Wildman–Crippen MR) is 105 cm³/mol. The smallest absolute Gasteiger partial charge is 0.193 e. The van der Waals surface area contributed by atoms with Crippen LogP contribution in [-0.2, 0) is 6.42 Å². The number of likely N-dealkylation sites (tertiary alicyclic amines) is 1. The molecule has 0 spiro atoms. The summed E-state index contributed by atoms with van der Waals surface area (Å²) in [5.74, 6) is 0.867. The summed E-state index contributed by atoms with van der Waals surface area (Å²) in [6, 6.07) is 5.25. The summed E-state index contributed by atoms with van der Waals surface area (Å²) in [4.78, 5) is 6.97. The van der Waals surface area contributed by atoms with Crippen LogP contribution < -0.4 is 5.32 Å². The van der Waals surface area contributed by atoms with E-state index in [0.717, 1.165) is 55.0 Å². The Morgan fingerprint density at radius 2 is 2.09 bits per heavy atom. The molecule has 0 unspecified atom stereocenters. The molecule has 0 bridgehead atoms. The van der Waals surface area contributed by atoms with Gasteiger partial charge in [-0.15, -0.1) is 24.0 Å². The van der Waals surface area contributed by atoms with Crippen LogP contribution in [0.15, 0.2) is 27.7 Å². The van der Waals surface area contributed by atoms with Gasteiger partial charge in [0.05, 0.1) is 0 Å². The van der Waals surface area contributed by atoms with E-state index >= 15 is 0 Å². The van der Waals surface area contributed by atoms with Gasteiger partial charge >= 0.3 is 0 Å². The Morgan fingerprint density at radius 3 is 2.73 bits per heavy atom. The molecular weight excluding hydrogens is 460 g/mol. The highest BCUT2D eigenvalue weighted by Crippen LogP contribution is 2.16. The molecule has 3 nitrogen and oxygen atoms in total. The third kappa shape index (κ3) is 6.02. The Bertz CT molecular complexity index is 490. The van der Waals surface area contributed by atoms with E-state index in [1.54, 1.807) is 0 Å². The van der Waals surface area contributed by atoms with Crippen molar-refractivity contribution < 1.29 is 4.39 Å². The predicted octanol–water partition coefficient (Wildman–Crippen LogP) is 4.20. The van der Waals surface area contributed by atoms with Crippen molar-refractivity contribution in [3.05, 3.63) is 34.1 Å². The minimum atomic E-state index is -0.139. The number of aryl methyl sites for hydroxylation is 1. The van der Waals surface area contributed by atoms with Crippen molar-refractivity contribution in [3.63, 3.8) is 0 Å². The molecule has 1 aromatic rings. The number of hydrogen-bond acceptors (Lipinski definition) is 1. The quantitative estimate of drug-likeness (QED) is 0.294. The maximum atomic E-state index is 13.7. The van der Waals surface area contributed by atoms with Crippen LogP contribution in [0.2, 0.25) is 0 Å². The first-order valence-electron chi connectivity index (χ1n) is 7.68. The summed E-state index contributed by atoms with van der Waals surface area (Å²) in [5, 5.41) is 3.34. The van der Waals surface area contributed by atoms with Gasteiger partial charge in [0, 0.05) is 30.7 Å². The van der Waals surface area contributed by atoms with E-state index in [2.05, 4.69) is 38.1 Å². The molecule has 1 aliphatic heterocycles. The van der Waals surface area contributed by atoms with Gasteiger partial charge in [0.1, 0.15) is 5.82 Å². The Morgan fingerprint density at radius 1 is 1.36 bits per heavy atom. The van der Waals surface area contributed by atoms with Gasteiger partial charge in [-0.3, -0.25) is 4.99 Å². The van der Waals surface area contributed by atoms with Gasteiger partial charge in [0.2, 0.25) is 0 Å². The molecule has 1 aliphatic rings. The molecule has 0 radical (unpaired) electrons. The highest BCUT2D eigenvalue weighted by Gasteiger charge is 2.15. The Balaban J connectivity index is 0.00000242. The van der Waals surface area contributed by atoms with E-state index in [1.807, 2.05) is 12.1 Å². The van der Waals surface area contributed by atoms with E-state index in [4.69, 9.17) is 0 Å². The average Bonchev–Trinajstić information content (AvgIpc) is 2.98. The first kappa shape index (κ1) is 19.7. The van der Waals surface area contributed by atoms with Crippen LogP contribution in [0.5, 0.6) is 0 Å². The van der Waals surface area contributed by atoms with Crippen LogP contribution in [0.25, 0.3) is 0 Å². The van der Waals surface area contributed by atoms with Crippen LogP contribution in [0.3, 0.4) is 0 Å². The third-order valence-electron chi connectivity index (χ3n) is 3.62. The molecule has 124 valence electrons. The second-order valence-corrected chi connectivity index (χ2v) is 6.18. The fourth-order valence-corrected chi connectivity index (χ4v) is 2.87. The fraction of sp³-hybridized carbons (Fsp3) is 0.562. The molecule has 1 N–H and O–H groups in total. The van der Waals surface area contributed by atoms with Crippen LogP contribution in [0, 0.1) is 5.82 Å². The van der Waals surface area contributed by atoms with Crippen molar-refractivity contribution >= 4 is 45.9 Å². The molecule has 22 heavy (non-hydrogen) atoms. The molecule has 2 rings (SSSR count). The lowest BCUT2D eigenvalue weighted by Gasteiger charge is -2.20. The van der Waals surface area contributed by atoms with Crippen LogP contribution in [0.4, 0.5) is 4.39 Å². The second kappa shape index (κ2) is 10.4. The standard InChI is InChI=1S/C16H23BrFN3.HI/c1-2-19-16(21-10-3-4-11-21)20-9-5-6-13-7-8-14(17)12-15(13)18;/h7-8,12H,2-6,9-11H2,1H3,(H,19,20);1H. The van der Waals surface area contributed by atoms with Crippen LogP contribution in [-0.4, -0.2) is 37.0 Å². The number of aliphatic imine (C=N–C) groups is 1. The van der Waals surface area contributed by atoms with E-state index in [-0.39, 0.29) is 29.8 Å². The van der Waals surface area contributed by atoms with E-state index < -0.39 is 0 Å². The highest BCUT2D eigenvalue weighted by atomic mass is 127. The van der Waals surface area contributed by atoms with Gasteiger partial charge in [-0.25, -0.2) is 4.39 Å². The molecule has 1 saturated heterocycles. The van der Waals surface area contributed by atoms with Crippen molar-refractivity contribution in [2.45, 2.75) is 32.6 Å². The van der Waals surface area contributed by atoms with Gasteiger partial charge in [0.25, 0.3) is 0 Å². The van der Waals surface area contributed by atoms with Crippen molar-refractivity contribution in [1.82, 2.24) is 10.2 Å². The van der Waals surface area contributed by atoms with Crippen molar-refractivity contribution in [3.8, 4) is 0 Å². The zero-order valence-electron chi connectivity index (χ0n) is 12.9. The first-order chi connectivity index (χ1) is 10.2. The highest BCUT2D eigenvalue weighted by molar-refractivity contribution is 14.0. The number of benzene rings is 1. The lowest BCUT2D eigenvalue weighted by atomic mass is 10.1. The SMILES string of the molecule is CCNC(=NCCCc1ccc(Br)cc1F)N1CCCC1.I. The molecule has 0 saturated carbocycles. The molecule has 0 aliphatic carbocycles. The Hall–Kier alpha value is -0.370. The molecule has 6 heteroatoms. The van der Waals surface area contributed by atoms with Crippen molar-refractivity contribution in [1.29, 1.82) is 0 Å². The summed E-state index contributed by atoms with van der Waals surface area (Å²) in [7, 11) is 0. The van der Waals surface area contributed by atoms with Crippen molar-refractivity contribution in [2.75, 3.05) is 26.2 Å². The lowest BCUT2D eigenvalue weighted by Crippen LogP contribution is -2.39. The zero-order chi connectivity index (χ0) is 15.1. The van der Waals surface area contributed by atoms with Gasteiger partial charge in [0.15, 0.2) is 5.96 Å². The number of rotatable bonds is 5. The molecule has 1 aromatic carbocycles. The van der Waals surface area contributed by atoms with Crippen molar-refractivity contribution in [2.24, 2.45) is 4.99 Å². The number of nitrogens with one attached hydrogen (secondary N) is 1. The molecule has 0 atom stereocenters. The molecule has 0 aromatic heterocycles. The minimum Gasteiger partial charge on any atom is -0.357 e. The van der Waals surface area contributed by atoms with E-state index in [0.29, 0.717) is 0 Å². The van der Waals surface area contributed by atoms with Crippen LogP contribution in [0.1, 0.15) is 31.7 Å². The maximum Gasteiger partial charge on any atom is 0.193 e. The third-order valence-corrected chi connectivity index (χ3v) is 4.11. The number of nitrogens with zero attached hydrogens (tertiary/aromatic N) is 2. The van der Waals surface area contributed by atoms with Gasteiger partial charge in [-0.05, 0) is 50.3 Å². The normalized spacial score (nSPS) is 14.9. The topological polar surface area (TPSA) is 27.6 Å². The number of halogens is 3. The van der Waals surface area contributed by atoms with Gasteiger partial charge < -0.3 is 10.2 Å². The summed E-state index contributed by atoms with van der Waals surface area (Å²) in [6.07, 6.45) is 4.08. The second-order valence-electron chi connectivity index (χ2n) is 5.27. The molecular formula is C16H24BrFIN3. The van der Waals surface area contributed by atoms with Crippen LogP contribution >= 0.6 is 39.9 Å². The minimum absolute atomic E-state index is 0. The maximum absolute atomic E-state index is 13.7. The van der Waals surface area contributed by atoms with Gasteiger partial charge in [-0.1, -0.05) is 22.0 Å². The zero-order valence-corrected chi connectivity index (χ0v) is 16.9. The van der Waals surface area contributed by atoms with Gasteiger partial charge in [-0.2, -0.15) is 0 Å².